The Balaban J connectivity index is 1.96. The van der Waals surface area contributed by atoms with Crippen molar-refractivity contribution in [3.8, 4) is 5.75 Å². The van der Waals surface area contributed by atoms with Crippen LogP contribution in [0.3, 0.4) is 0 Å². The molecular weight excluding hydrogens is 323 g/mol. The number of carbonyl (C=O) groups is 1. The lowest BCUT2D eigenvalue weighted by molar-refractivity contribution is -0.905. The Morgan fingerprint density at radius 2 is 1.91 bits per heavy atom. The Kier molecular flexibility index (Phi) is 6.36. The average molecular weight is 346 g/mol. The Morgan fingerprint density at radius 1 is 1.32 bits per heavy atom. The summed E-state index contributed by atoms with van der Waals surface area (Å²) < 4.78 is 5.10. The fourth-order valence-corrected chi connectivity index (χ4v) is 3.57. The fourth-order valence-electron chi connectivity index (χ4n) is 2.93. The predicted molar refractivity (Wildman–Crippen MR) is 89.4 cm³/mol. The molecule has 0 aliphatic carbocycles. The molecule has 1 fully saturated rings. The predicted octanol–water partition coefficient (Wildman–Crippen LogP) is 2.19. The van der Waals surface area contributed by atoms with Crippen molar-refractivity contribution < 1.29 is 14.4 Å². The monoisotopic (exact) mass is 345 g/mol. The number of hydrogen-bond donors (Lipinski definition) is 2. The first kappa shape index (κ1) is 17.4. The molecule has 4 nitrogen and oxygen atoms in total. The molecule has 0 aromatic heterocycles. The van der Waals surface area contributed by atoms with Gasteiger partial charge in [-0.25, -0.2) is 0 Å². The summed E-state index contributed by atoms with van der Waals surface area (Å²) >= 11 is 12.2. The molecule has 1 aliphatic rings. The summed E-state index contributed by atoms with van der Waals surface area (Å²) in [6, 6.07) is 3.42. The van der Waals surface area contributed by atoms with Crippen molar-refractivity contribution in [1.29, 1.82) is 0 Å². The first-order valence-corrected chi connectivity index (χ1v) is 8.48. The minimum atomic E-state index is -0.129. The molecule has 1 aromatic carbocycles. The first-order chi connectivity index (χ1) is 10.5. The zero-order valence-corrected chi connectivity index (χ0v) is 14.6. The van der Waals surface area contributed by atoms with Crippen LogP contribution < -0.4 is 15.0 Å². The van der Waals surface area contributed by atoms with E-state index in [4.69, 9.17) is 27.9 Å². The minimum Gasteiger partial charge on any atom is -0.494 e. The van der Waals surface area contributed by atoms with Crippen molar-refractivity contribution in [2.45, 2.75) is 32.2 Å². The molecule has 0 saturated carbocycles. The molecule has 1 aromatic rings. The van der Waals surface area contributed by atoms with Crippen LogP contribution in [0.1, 0.15) is 36.5 Å². The van der Waals surface area contributed by atoms with E-state index < -0.39 is 0 Å². The van der Waals surface area contributed by atoms with Crippen molar-refractivity contribution in [1.82, 2.24) is 5.32 Å². The summed E-state index contributed by atoms with van der Waals surface area (Å²) in [5.41, 5.74) is 0.471. The van der Waals surface area contributed by atoms with E-state index in [1.807, 2.05) is 0 Å². The number of benzene rings is 1. The number of piperidine rings is 1. The largest absolute Gasteiger partial charge is 0.494 e. The van der Waals surface area contributed by atoms with Crippen LogP contribution in [-0.4, -0.2) is 38.7 Å². The minimum absolute atomic E-state index is 0.129. The molecule has 2 rings (SSSR count). The Labute approximate surface area is 141 Å². The van der Waals surface area contributed by atoms with E-state index in [9.17, 15) is 4.79 Å². The van der Waals surface area contributed by atoms with Gasteiger partial charge in [0.15, 0.2) is 5.75 Å². The van der Waals surface area contributed by atoms with Crippen LogP contribution in [0.25, 0.3) is 0 Å². The summed E-state index contributed by atoms with van der Waals surface area (Å²) in [4.78, 5) is 14.0. The van der Waals surface area contributed by atoms with Crippen molar-refractivity contribution in [2.75, 3.05) is 26.7 Å². The average Bonchev–Trinajstić information content (AvgIpc) is 2.49. The number of methoxy groups -OCH3 is 1. The van der Waals surface area contributed by atoms with Crippen LogP contribution in [0, 0.1) is 0 Å². The number of likely N-dealkylation sites (tertiary alicyclic amines) is 1. The van der Waals surface area contributed by atoms with Gasteiger partial charge in [0.25, 0.3) is 5.91 Å². The van der Waals surface area contributed by atoms with Gasteiger partial charge in [-0.2, -0.15) is 0 Å². The van der Waals surface area contributed by atoms with Crippen LogP contribution in [0.5, 0.6) is 5.75 Å². The van der Waals surface area contributed by atoms with E-state index >= 15 is 0 Å². The Hall–Kier alpha value is -0.970. The lowest BCUT2D eigenvalue weighted by Gasteiger charge is -2.29. The standard InChI is InChI=1S/C16H22Cl2N2O2/c1-3-6-20-7-4-12(5-8-20)19-16(21)11-9-13(17)15(22-2)14(18)10-11/h9-10,12H,3-8H2,1-2H3,(H,19,21)/p+1. The smallest absolute Gasteiger partial charge is 0.251 e. The van der Waals surface area contributed by atoms with E-state index in [-0.39, 0.29) is 11.9 Å². The number of hydrogen-bond acceptors (Lipinski definition) is 2. The molecule has 0 bridgehead atoms. The summed E-state index contributed by atoms with van der Waals surface area (Å²) in [6.45, 7) is 5.65. The van der Waals surface area contributed by atoms with Gasteiger partial charge in [-0.1, -0.05) is 30.1 Å². The van der Waals surface area contributed by atoms with Crippen molar-refractivity contribution in [2.24, 2.45) is 0 Å². The van der Waals surface area contributed by atoms with Gasteiger partial charge in [0.2, 0.25) is 0 Å². The number of quaternary nitrogens is 1. The number of halogens is 2. The summed E-state index contributed by atoms with van der Waals surface area (Å²) in [7, 11) is 1.50. The molecule has 22 heavy (non-hydrogen) atoms. The molecule has 1 amide bonds. The van der Waals surface area contributed by atoms with E-state index in [1.54, 1.807) is 17.0 Å². The molecule has 0 unspecified atom stereocenters. The second-order valence-electron chi connectivity index (χ2n) is 5.72. The van der Waals surface area contributed by atoms with Gasteiger partial charge in [-0.3, -0.25) is 4.79 Å². The number of amides is 1. The van der Waals surface area contributed by atoms with Gasteiger partial charge in [0.1, 0.15) is 0 Å². The molecule has 1 heterocycles. The van der Waals surface area contributed by atoms with Gasteiger partial charge in [-0.05, 0) is 18.6 Å². The highest BCUT2D eigenvalue weighted by Crippen LogP contribution is 2.33. The third-order valence-corrected chi connectivity index (χ3v) is 4.66. The molecule has 6 heteroatoms. The van der Waals surface area contributed by atoms with Crippen LogP contribution in [0.15, 0.2) is 12.1 Å². The molecule has 122 valence electrons. The molecule has 0 atom stereocenters. The second kappa shape index (κ2) is 8.04. The molecule has 2 N–H and O–H groups in total. The number of rotatable bonds is 5. The highest BCUT2D eigenvalue weighted by atomic mass is 35.5. The fraction of sp³-hybridized carbons (Fsp3) is 0.562. The number of carbonyl (C=O) groups excluding carboxylic acids is 1. The van der Waals surface area contributed by atoms with Crippen LogP contribution in [-0.2, 0) is 0 Å². The topological polar surface area (TPSA) is 42.8 Å². The molecule has 0 spiro atoms. The van der Waals surface area contributed by atoms with Crippen LogP contribution in [0.2, 0.25) is 10.0 Å². The zero-order chi connectivity index (χ0) is 16.1. The first-order valence-electron chi connectivity index (χ1n) is 7.72. The number of nitrogens with one attached hydrogen (secondary N) is 2. The molecular formula is C16H23Cl2N2O2+. The third-order valence-electron chi connectivity index (χ3n) is 4.10. The van der Waals surface area contributed by atoms with Gasteiger partial charge in [0, 0.05) is 24.4 Å². The summed E-state index contributed by atoms with van der Waals surface area (Å²) in [5, 5.41) is 3.78. The molecule has 0 radical (unpaired) electrons. The summed E-state index contributed by atoms with van der Waals surface area (Å²) in [5.74, 6) is 0.270. The second-order valence-corrected chi connectivity index (χ2v) is 6.54. The number of ether oxygens (including phenoxy) is 1. The van der Waals surface area contributed by atoms with Gasteiger partial charge >= 0.3 is 0 Å². The maximum absolute atomic E-state index is 12.3. The maximum atomic E-state index is 12.3. The van der Waals surface area contributed by atoms with Crippen LogP contribution in [0.4, 0.5) is 0 Å². The van der Waals surface area contributed by atoms with E-state index in [0.717, 1.165) is 25.9 Å². The van der Waals surface area contributed by atoms with Gasteiger partial charge in [0.05, 0.1) is 36.8 Å². The van der Waals surface area contributed by atoms with E-state index in [1.165, 1.54) is 20.1 Å². The van der Waals surface area contributed by atoms with Gasteiger partial charge < -0.3 is 15.0 Å². The Bertz CT molecular complexity index is 506. The zero-order valence-electron chi connectivity index (χ0n) is 13.0. The van der Waals surface area contributed by atoms with Crippen molar-refractivity contribution >= 4 is 29.1 Å². The lowest BCUT2D eigenvalue weighted by Crippen LogP contribution is -3.13. The van der Waals surface area contributed by atoms with Gasteiger partial charge in [-0.15, -0.1) is 0 Å². The normalized spacial score (nSPS) is 21.5. The van der Waals surface area contributed by atoms with E-state index in [2.05, 4.69) is 12.2 Å². The quantitative estimate of drug-likeness (QED) is 0.858. The van der Waals surface area contributed by atoms with Crippen molar-refractivity contribution in [3.63, 3.8) is 0 Å². The van der Waals surface area contributed by atoms with Crippen molar-refractivity contribution in [3.05, 3.63) is 27.7 Å². The SMILES string of the molecule is CCC[NH+]1CCC(NC(=O)c2cc(Cl)c(OC)c(Cl)c2)CC1. The summed E-state index contributed by atoms with van der Waals surface area (Å²) in [6.07, 6.45) is 3.23. The Morgan fingerprint density at radius 3 is 2.41 bits per heavy atom. The molecule has 1 aliphatic heterocycles. The third kappa shape index (κ3) is 4.28. The van der Waals surface area contributed by atoms with Crippen LogP contribution >= 0.6 is 23.2 Å². The van der Waals surface area contributed by atoms with E-state index in [0.29, 0.717) is 21.4 Å². The highest BCUT2D eigenvalue weighted by Gasteiger charge is 2.23. The molecule has 1 saturated heterocycles. The maximum Gasteiger partial charge on any atom is 0.251 e. The highest BCUT2D eigenvalue weighted by molar-refractivity contribution is 6.37. The lowest BCUT2D eigenvalue weighted by atomic mass is 10.0.